The molecule has 0 aliphatic rings. The molecule has 136 valence electrons. The van der Waals surface area contributed by atoms with Crippen LogP contribution in [-0.4, -0.2) is 27.1 Å². The number of nitrogens with zero attached hydrogens (tertiary/aromatic N) is 2. The van der Waals surface area contributed by atoms with Crippen molar-refractivity contribution >= 4 is 27.3 Å². The lowest BCUT2D eigenvalue weighted by atomic mass is 10.1. The van der Waals surface area contributed by atoms with E-state index in [4.69, 9.17) is 5.26 Å². The smallest absolute Gasteiger partial charge is 0.232 e. The van der Waals surface area contributed by atoms with Gasteiger partial charge in [0.2, 0.25) is 15.9 Å². The van der Waals surface area contributed by atoms with Crippen LogP contribution in [0.5, 0.6) is 0 Å². The van der Waals surface area contributed by atoms with Gasteiger partial charge in [0.25, 0.3) is 0 Å². The van der Waals surface area contributed by atoms with E-state index in [2.05, 4.69) is 5.32 Å². The van der Waals surface area contributed by atoms with Crippen LogP contribution in [0.2, 0.25) is 0 Å². The lowest BCUT2D eigenvalue weighted by Gasteiger charge is -2.24. The molecule has 6 nitrogen and oxygen atoms in total. The van der Waals surface area contributed by atoms with E-state index in [1.54, 1.807) is 36.4 Å². The summed E-state index contributed by atoms with van der Waals surface area (Å²) in [7, 11) is -3.53. The summed E-state index contributed by atoms with van der Waals surface area (Å²) < 4.78 is 25.7. The van der Waals surface area contributed by atoms with Gasteiger partial charge in [-0.2, -0.15) is 5.26 Å². The van der Waals surface area contributed by atoms with Crippen LogP contribution in [0.4, 0.5) is 11.4 Å². The van der Waals surface area contributed by atoms with E-state index in [9.17, 15) is 13.2 Å². The monoisotopic (exact) mass is 371 g/mol. The van der Waals surface area contributed by atoms with E-state index in [1.165, 1.54) is 4.31 Å². The molecule has 0 aromatic heterocycles. The fraction of sp³-hybridized carbons (Fsp3) is 0.263. The van der Waals surface area contributed by atoms with Crippen LogP contribution in [-0.2, 0) is 21.2 Å². The molecular formula is C19H21N3O3S. The molecule has 26 heavy (non-hydrogen) atoms. The third kappa shape index (κ3) is 4.83. The van der Waals surface area contributed by atoms with Crippen molar-refractivity contribution in [2.75, 3.05) is 22.4 Å². The first-order valence-electron chi connectivity index (χ1n) is 8.21. The Labute approximate surface area is 154 Å². The summed E-state index contributed by atoms with van der Waals surface area (Å²) in [6.07, 6.45) is 1.79. The molecule has 0 atom stereocenters. The summed E-state index contributed by atoms with van der Waals surface area (Å²) >= 11 is 0. The van der Waals surface area contributed by atoms with Gasteiger partial charge in [-0.1, -0.05) is 37.3 Å². The Hall–Kier alpha value is -2.85. The molecule has 2 aromatic rings. The number of hydrogen-bond acceptors (Lipinski definition) is 4. The number of aryl methyl sites for hydroxylation is 1. The van der Waals surface area contributed by atoms with Crippen LogP contribution in [0.3, 0.4) is 0 Å². The van der Waals surface area contributed by atoms with E-state index >= 15 is 0 Å². The number of rotatable bonds is 7. The number of amides is 1. The van der Waals surface area contributed by atoms with Crippen molar-refractivity contribution in [1.82, 2.24) is 0 Å². The highest BCUT2D eigenvalue weighted by atomic mass is 32.2. The molecule has 7 heteroatoms. The number of sulfonamides is 1. The zero-order valence-electron chi connectivity index (χ0n) is 14.8. The summed E-state index contributed by atoms with van der Waals surface area (Å²) in [6, 6.07) is 15.9. The Morgan fingerprint density at radius 2 is 1.81 bits per heavy atom. The number of nitriles is 1. The topological polar surface area (TPSA) is 90.3 Å². The second-order valence-electron chi connectivity index (χ2n) is 5.77. The Morgan fingerprint density at radius 3 is 2.46 bits per heavy atom. The van der Waals surface area contributed by atoms with Gasteiger partial charge in [-0.25, -0.2) is 8.42 Å². The van der Waals surface area contributed by atoms with Crippen molar-refractivity contribution in [2.45, 2.75) is 19.8 Å². The lowest BCUT2D eigenvalue weighted by molar-refractivity contribution is -0.116. The molecule has 0 saturated carbocycles. The number of nitrogens with one attached hydrogen (secondary N) is 1. The zero-order valence-corrected chi connectivity index (χ0v) is 15.6. The highest BCUT2D eigenvalue weighted by Crippen LogP contribution is 2.24. The van der Waals surface area contributed by atoms with Gasteiger partial charge >= 0.3 is 0 Å². The number of benzene rings is 2. The SMILES string of the molecule is CCc1ccccc1N(CCC(=O)Nc1ccccc1C#N)S(C)(=O)=O. The molecule has 0 fully saturated rings. The molecule has 0 bridgehead atoms. The van der Waals surface area contributed by atoms with Crippen molar-refractivity contribution in [1.29, 1.82) is 5.26 Å². The fourth-order valence-electron chi connectivity index (χ4n) is 2.62. The average molecular weight is 371 g/mol. The Bertz CT molecular complexity index is 933. The molecule has 0 unspecified atom stereocenters. The summed E-state index contributed by atoms with van der Waals surface area (Å²) in [6.45, 7) is 1.97. The van der Waals surface area contributed by atoms with E-state index in [0.717, 1.165) is 11.8 Å². The largest absolute Gasteiger partial charge is 0.325 e. The maximum absolute atomic E-state index is 12.3. The van der Waals surface area contributed by atoms with Crippen LogP contribution >= 0.6 is 0 Å². The highest BCUT2D eigenvalue weighted by Gasteiger charge is 2.20. The van der Waals surface area contributed by atoms with Gasteiger partial charge in [-0.15, -0.1) is 0 Å². The first-order valence-corrected chi connectivity index (χ1v) is 10.1. The van der Waals surface area contributed by atoms with Crippen molar-refractivity contribution < 1.29 is 13.2 Å². The second-order valence-corrected chi connectivity index (χ2v) is 7.68. The van der Waals surface area contributed by atoms with Gasteiger partial charge in [-0.3, -0.25) is 9.10 Å². The minimum absolute atomic E-state index is 0.0229. The van der Waals surface area contributed by atoms with Gasteiger partial charge in [0.05, 0.1) is 23.2 Å². The quantitative estimate of drug-likeness (QED) is 0.810. The standard InChI is InChI=1S/C19H21N3O3S/c1-3-15-8-5-7-11-18(15)22(26(2,24)25)13-12-19(23)21-17-10-6-4-9-16(17)14-20/h4-11H,3,12-13H2,1-2H3,(H,21,23). The van der Waals surface area contributed by atoms with Crippen molar-refractivity contribution in [3.05, 3.63) is 59.7 Å². The number of carbonyl (C=O) groups excluding carboxylic acids is 1. The fourth-order valence-corrected chi connectivity index (χ4v) is 3.58. The van der Waals surface area contributed by atoms with Gasteiger partial charge in [-0.05, 0) is 30.2 Å². The molecule has 0 saturated heterocycles. The molecule has 0 heterocycles. The summed E-state index contributed by atoms with van der Waals surface area (Å²) in [5.41, 5.74) is 2.26. The van der Waals surface area contributed by atoms with Crippen LogP contribution in [0, 0.1) is 11.3 Å². The van der Waals surface area contributed by atoms with Crippen molar-refractivity contribution in [3.63, 3.8) is 0 Å². The lowest BCUT2D eigenvalue weighted by Crippen LogP contribution is -2.33. The normalized spacial score (nSPS) is 10.8. The Morgan fingerprint density at radius 1 is 1.15 bits per heavy atom. The Kier molecular flexibility index (Phi) is 6.36. The molecule has 2 rings (SSSR count). The highest BCUT2D eigenvalue weighted by molar-refractivity contribution is 7.92. The molecule has 0 spiro atoms. The third-order valence-corrected chi connectivity index (χ3v) is 5.09. The molecule has 2 aromatic carbocycles. The van der Waals surface area contributed by atoms with Crippen LogP contribution in [0.25, 0.3) is 0 Å². The molecule has 1 amide bonds. The average Bonchev–Trinajstić information content (AvgIpc) is 2.61. The molecule has 1 N–H and O–H groups in total. The van der Waals surface area contributed by atoms with Crippen LogP contribution in [0.1, 0.15) is 24.5 Å². The number of para-hydroxylation sites is 2. The number of carbonyl (C=O) groups is 1. The summed E-state index contributed by atoms with van der Waals surface area (Å²) in [4.78, 5) is 12.3. The maximum atomic E-state index is 12.3. The summed E-state index contributed by atoms with van der Waals surface area (Å²) in [5.74, 6) is -0.352. The first-order chi connectivity index (χ1) is 12.4. The first kappa shape index (κ1) is 19.5. The minimum Gasteiger partial charge on any atom is -0.325 e. The third-order valence-electron chi connectivity index (χ3n) is 3.91. The van der Waals surface area contributed by atoms with Gasteiger partial charge in [0, 0.05) is 13.0 Å². The molecule has 0 radical (unpaired) electrons. The molecule has 0 aliphatic carbocycles. The van der Waals surface area contributed by atoms with Crippen molar-refractivity contribution in [3.8, 4) is 6.07 Å². The van der Waals surface area contributed by atoms with Crippen LogP contribution in [0.15, 0.2) is 48.5 Å². The second kappa shape index (κ2) is 8.50. The van der Waals surface area contributed by atoms with E-state index in [0.29, 0.717) is 23.4 Å². The van der Waals surface area contributed by atoms with E-state index < -0.39 is 10.0 Å². The Balaban J connectivity index is 2.16. The van der Waals surface area contributed by atoms with Gasteiger partial charge in [0.1, 0.15) is 6.07 Å². The van der Waals surface area contributed by atoms with Gasteiger partial charge in [0.15, 0.2) is 0 Å². The number of hydrogen-bond donors (Lipinski definition) is 1. The van der Waals surface area contributed by atoms with E-state index in [1.807, 2.05) is 25.1 Å². The zero-order chi connectivity index (χ0) is 19.2. The minimum atomic E-state index is -3.53. The molecular weight excluding hydrogens is 350 g/mol. The van der Waals surface area contributed by atoms with Crippen LogP contribution < -0.4 is 9.62 Å². The van der Waals surface area contributed by atoms with Crippen molar-refractivity contribution in [2.24, 2.45) is 0 Å². The number of anilines is 2. The van der Waals surface area contributed by atoms with E-state index in [-0.39, 0.29) is 18.9 Å². The predicted molar refractivity (Wildman–Crippen MR) is 102 cm³/mol. The van der Waals surface area contributed by atoms with Gasteiger partial charge < -0.3 is 5.32 Å². The predicted octanol–water partition coefficient (Wildman–Crippen LogP) is 2.92. The molecule has 0 aliphatic heterocycles. The summed E-state index contributed by atoms with van der Waals surface area (Å²) in [5, 5.41) is 11.7. The maximum Gasteiger partial charge on any atom is 0.232 e.